The molecule has 0 aromatic heterocycles. The maximum absolute atomic E-state index is 13.1. The Kier molecular flexibility index (Phi) is 4.66. The van der Waals surface area contributed by atoms with Crippen LogP contribution in [0.3, 0.4) is 0 Å². The topological polar surface area (TPSA) is 29.5 Å². The molecule has 3 nitrogen and oxygen atoms in total. The number of ether oxygens (including phenoxy) is 1. The van der Waals surface area contributed by atoms with E-state index in [1.54, 1.807) is 11.0 Å². The Morgan fingerprint density at radius 1 is 1.43 bits per heavy atom. The fourth-order valence-corrected chi connectivity index (χ4v) is 2.37. The zero-order valence-corrected chi connectivity index (χ0v) is 12.8. The molecule has 1 aliphatic heterocycles. The summed E-state index contributed by atoms with van der Waals surface area (Å²) in [5.41, 5.74) is 0.308. The van der Waals surface area contributed by atoms with Gasteiger partial charge < -0.3 is 9.64 Å². The lowest BCUT2D eigenvalue weighted by Gasteiger charge is -2.27. The lowest BCUT2D eigenvalue weighted by atomic mass is 10.1. The molecule has 114 valence electrons. The summed E-state index contributed by atoms with van der Waals surface area (Å²) >= 11 is 0. The highest BCUT2D eigenvalue weighted by atomic mass is 19.1. The monoisotopic (exact) mass is 291 g/mol. The normalized spacial score (nSPS) is 19.2. The fourth-order valence-electron chi connectivity index (χ4n) is 2.37. The van der Waals surface area contributed by atoms with Crippen LogP contribution in [0.15, 0.2) is 30.3 Å². The average Bonchev–Trinajstić information content (AvgIpc) is 2.83. The zero-order chi connectivity index (χ0) is 15.5. The van der Waals surface area contributed by atoms with Crippen molar-refractivity contribution >= 4 is 12.2 Å². The number of hydrogen-bond donors (Lipinski definition) is 0. The van der Waals surface area contributed by atoms with Crippen LogP contribution in [0.4, 0.5) is 9.18 Å². The summed E-state index contributed by atoms with van der Waals surface area (Å²) in [6, 6.07) is 6.42. The largest absolute Gasteiger partial charge is 0.444 e. The minimum absolute atomic E-state index is 0.0168. The lowest BCUT2D eigenvalue weighted by Crippen LogP contribution is -2.39. The molecule has 1 amide bonds. The van der Waals surface area contributed by atoms with E-state index >= 15 is 0 Å². The van der Waals surface area contributed by atoms with Crippen LogP contribution in [0.25, 0.3) is 6.08 Å². The molecule has 0 radical (unpaired) electrons. The van der Waals surface area contributed by atoms with Crippen molar-refractivity contribution in [3.05, 3.63) is 41.7 Å². The first-order valence-corrected chi connectivity index (χ1v) is 7.28. The van der Waals surface area contributed by atoms with Gasteiger partial charge in [-0.15, -0.1) is 0 Å². The number of likely N-dealkylation sites (tertiary alicyclic amines) is 1. The molecular weight excluding hydrogens is 269 g/mol. The molecule has 0 N–H and O–H groups in total. The first kappa shape index (κ1) is 15.5. The predicted molar refractivity (Wildman–Crippen MR) is 81.4 cm³/mol. The number of amides is 1. The number of rotatable bonds is 2. The standard InChI is InChI=1S/C17H22FNO2/c1-17(2,3)21-16(20)19-11-5-8-15(19)10-9-13-6-4-7-14(18)12-13/h4,6-7,9-10,12,15H,5,8,11H2,1-3H3. The highest BCUT2D eigenvalue weighted by Gasteiger charge is 2.30. The summed E-state index contributed by atoms with van der Waals surface area (Å²) in [5.74, 6) is -0.257. The van der Waals surface area contributed by atoms with Crippen molar-refractivity contribution in [2.24, 2.45) is 0 Å². The molecule has 1 aromatic rings. The number of carbonyl (C=O) groups excluding carboxylic acids is 1. The number of halogens is 1. The Balaban J connectivity index is 2.03. The predicted octanol–water partition coefficient (Wildman–Crippen LogP) is 4.24. The third-order valence-electron chi connectivity index (χ3n) is 3.29. The van der Waals surface area contributed by atoms with Gasteiger partial charge in [-0.2, -0.15) is 0 Å². The second-order valence-electron chi connectivity index (χ2n) is 6.30. The van der Waals surface area contributed by atoms with E-state index < -0.39 is 5.60 Å². The molecule has 2 rings (SSSR count). The zero-order valence-electron chi connectivity index (χ0n) is 12.8. The SMILES string of the molecule is CC(C)(C)OC(=O)N1CCCC1C=Cc1cccc(F)c1. The van der Waals surface area contributed by atoms with Gasteiger partial charge in [-0.1, -0.05) is 24.3 Å². The van der Waals surface area contributed by atoms with Crippen LogP contribution in [-0.4, -0.2) is 29.2 Å². The molecular formula is C17H22FNO2. The van der Waals surface area contributed by atoms with E-state index in [0.29, 0.717) is 6.54 Å². The van der Waals surface area contributed by atoms with E-state index in [4.69, 9.17) is 4.74 Å². The van der Waals surface area contributed by atoms with Gasteiger partial charge in [-0.05, 0) is 51.3 Å². The van der Waals surface area contributed by atoms with E-state index in [-0.39, 0.29) is 18.0 Å². The first-order valence-electron chi connectivity index (χ1n) is 7.28. The molecule has 1 unspecified atom stereocenters. The molecule has 1 atom stereocenters. The van der Waals surface area contributed by atoms with Gasteiger partial charge in [0.25, 0.3) is 0 Å². The first-order chi connectivity index (χ1) is 9.85. The Labute approximate surface area is 125 Å². The van der Waals surface area contributed by atoms with Crippen LogP contribution < -0.4 is 0 Å². The van der Waals surface area contributed by atoms with Gasteiger partial charge in [-0.3, -0.25) is 0 Å². The molecule has 0 saturated carbocycles. The van der Waals surface area contributed by atoms with Crippen molar-refractivity contribution in [2.75, 3.05) is 6.54 Å². The second-order valence-corrected chi connectivity index (χ2v) is 6.30. The van der Waals surface area contributed by atoms with Gasteiger partial charge in [-0.25, -0.2) is 9.18 Å². The smallest absolute Gasteiger partial charge is 0.410 e. The van der Waals surface area contributed by atoms with Gasteiger partial charge in [0, 0.05) is 6.54 Å². The van der Waals surface area contributed by atoms with E-state index in [1.165, 1.54) is 12.1 Å². The van der Waals surface area contributed by atoms with E-state index in [0.717, 1.165) is 18.4 Å². The summed E-state index contributed by atoms with van der Waals surface area (Å²) in [7, 11) is 0. The summed E-state index contributed by atoms with van der Waals surface area (Å²) in [6.07, 6.45) is 5.39. The Morgan fingerprint density at radius 3 is 2.86 bits per heavy atom. The number of benzene rings is 1. The molecule has 21 heavy (non-hydrogen) atoms. The van der Waals surface area contributed by atoms with Crippen LogP contribution in [-0.2, 0) is 4.74 Å². The molecule has 1 saturated heterocycles. The van der Waals surface area contributed by atoms with Gasteiger partial charge in [0.2, 0.25) is 0 Å². The van der Waals surface area contributed by atoms with Gasteiger partial charge in [0.05, 0.1) is 6.04 Å². The molecule has 0 spiro atoms. The maximum Gasteiger partial charge on any atom is 0.410 e. The summed E-state index contributed by atoms with van der Waals surface area (Å²) in [4.78, 5) is 13.9. The van der Waals surface area contributed by atoms with Crippen molar-refractivity contribution in [3.63, 3.8) is 0 Å². The van der Waals surface area contributed by atoms with Gasteiger partial charge in [0.15, 0.2) is 0 Å². The molecule has 1 heterocycles. The minimum atomic E-state index is -0.490. The third kappa shape index (κ3) is 4.59. The van der Waals surface area contributed by atoms with Crippen LogP contribution in [0.1, 0.15) is 39.2 Å². The summed E-state index contributed by atoms with van der Waals surface area (Å²) < 4.78 is 18.6. The summed E-state index contributed by atoms with van der Waals surface area (Å²) in [6.45, 7) is 6.28. The molecule has 1 fully saturated rings. The maximum atomic E-state index is 13.1. The van der Waals surface area contributed by atoms with Crippen molar-refractivity contribution in [2.45, 2.75) is 45.3 Å². The molecule has 4 heteroatoms. The van der Waals surface area contributed by atoms with Gasteiger partial charge >= 0.3 is 6.09 Å². The Morgan fingerprint density at radius 2 is 2.19 bits per heavy atom. The van der Waals surface area contributed by atoms with E-state index in [2.05, 4.69) is 0 Å². The third-order valence-corrected chi connectivity index (χ3v) is 3.29. The van der Waals surface area contributed by atoms with Crippen LogP contribution >= 0.6 is 0 Å². The van der Waals surface area contributed by atoms with E-state index in [9.17, 15) is 9.18 Å². The fraction of sp³-hybridized carbons (Fsp3) is 0.471. The lowest BCUT2D eigenvalue weighted by molar-refractivity contribution is 0.0256. The van der Waals surface area contributed by atoms with Crippen LogP contribution in [0, 0.1) is 5.82 Å². The Bertz CT molecular complexity index is 534. The van der Waals surface area contributed by atoms with Crippen LogP contribution in [0.5, 0.6) is 0 Å². The highest BCUT2D eigenvalue weighted by molar-refractivity contribution is 5.69. The highest BCUT2D eigenvalue weighted by Crippen LogP contribution is 2.22. The number of carbonyl (C=O) groups is 1. The van der Waals surface area contributed by atoms with Crippen molar-refractivity contribution in [3.8, 4) is 0 Å². The second kappa shape index (κ2) is 6.29. The molecule has 0 aliphatic carbocycles. The number of nitrogens with zero attached hydrogens (tertiary/aromatic N) is 1. The molecule has 1 aromatic carbocycles. The van der Waals surface area contributed by atoms with Crippen molar-refractivity contribution in [1.82, 2.24) is 4.90 Å². The number of hydrogen-bond acceptors (Lipinski definition) is 2. The quantitative estimate of drug-likeness (QED) is 0.815. The van der Waals surface area contributed by atoms with Crippen molar-refractivity contribution < 1.29 is 13.9 Å². The van der Waals surface area contributed by atoms with Crippen LogP contribution in [0.2, 0.25) is 0 Å². The Hall–Kier alpha value is -1.84. The van der Waals surface area contributed by atoms with E-state index in [1.807, 2.05) is 39.0 Å². The molecule has 1 aliphatic rings. The average molecular weight is 291 g/mol. The summed E-state index contributed by atoms with van der Waals surface area (Å²) in [5, 5.41) is 0. The van der Waals surface area contributed by atoms with Crippen molar-refractivity contribution in [1.29, 1.82) is 0 Å². The minimum Gasteiger partial charge on any atom is -0.444 e. The molecule has 0 bridgehead atoms. The van der Waals surface area contributed by atoms with Gasteiger partial charge in [0.1, 0.15) is 11.4 Å².